The summed E-state index contributed by atoms with van der Waals surface area (Å²) in [5, 5.41) is 0. The second-order valence-corrected chi connectivity index (χ2v) is 7.29. The molecule has 0 radical (unpaired) electrons. The number of hydrogen-bond acceptors (Lipinski definition) is 2. The molecule has 21 heavy (non-hydrogen) atoms. The second-order valence-electron chi connectivity index (χ2n) is 7.29. The molecule has 2 saturated carbocycles. The molecule has 3 rings (SSSR count). The quantitative estimate of drug-likeness (QED) is 0.743. The Labute approximate surface area is 129 Å². The van der Waals surface area contributed by atoms with E-state index in [1.54, 1.807) is 0 Å². The molecule has 0 aromatic carbocycles. The van der Waals surface area contributed by atoms with Gasteiger partial charge in [-0.05, 0) is 63.7 Å². The number of amides is 1. The molecule has 3 aliphatic rings. The Morgan fingerprint density at radius 2 is 1.71 bits per heavy atom. The molecule has 3 fully saturated rings. The van der Waals surface area contributed by atoms with E-state index in [4.69, 9.17) is 4.74 Å². The predicted octanol–water partition coefficient (Wildman–Crippen LogP) is 3.91. The summed E-state index contributed by atoms with van der Waals surface area (Å²) in [6.45, 7) is 3.20. The smallest absolute Gasteiger partial charge is 0.223 e. The Kier molecular flexibility index (Phi) is 5.20. The fourth-order valence-corrected chi connectivity index (χ4v) is 4.17. The third-order valence-corrected chi connectivity index (χ3v) is 5.72. The first kappa shape index (κ1) is 15.3. The average molecular weight is 293 g/mol. The molecule has 120 valence electrons. The van der Waals surface area contributed by atoms with Crippen LogP contribution in [-0.4, -0.2) is 35.6 Å². The predicted molar refractivity (Wildman–Crippen MR) is 84.1 cm³/mol. The zero-order valence-electron chi connectivity index (χ0n) is 13.6. The van der Waals surface area contributed by atoms with Crippen molar-refractivity contribution in [2.45, 2.75) is 95.7 Å². The summed E-state index contributed by atoms with van der Waals surface area (Å²) in [7, 11) is 0. The van der Waals surface area contributed by atoms with Crippen molar-refractivity contribution < 1.29 is 9.53 Å². The van der Waals surface area contributed by atoms with Gasteiger partial charge in [0, 0.05) is 25.1 Å². The van der Waals surface area contributed by atoms with Crippen LogP contribution < -0.4 is 0 Å². The minimum Gasteiger partial charge on any atom is -0.378 e. The monoisotopic (exact) mass is 293 g/mol. The van der Waals surface area contributed by atoms with Crippen molar-refractivity contribution in [2.75, 3.05) is 6.61 Å². The third-order valence-electron chi connectivity index (χ3n) is 5.72. The molecule has 2 aliphatic carbocycles. The maximum absolute atomic E-state index is 12.7. The minimum atomic E-state index is 0.353. The Hall–Kier alpha value is -0.570. The van der Waals surface area contributed by atoms with Gasteiger partial charge in [-0.15, -0.1) is 0 Å². The second kappa shape index (κ2) is 7.13. The lowest BCUT2D eigenvalue weighted by atomic mass is 9.83. The molecule has 0 bridgehead atoms. The van der Waals surface area contributed by atoms with Crippen molar-refractivity contribution in [1.82, 2.24) is 4.90 Å². The zero-order valence-corrected chi connectivity index (χ0v) is 13.6. The molecular weight excluding hydrogens is 262 g/mol. The van der Waals surface area contributed by atoms with Crippen LogP contribution in [0.1, 0.15) is 77.6 Å². The van der Waals surface area contributed by atoms with Gasteiger partial charge >= 0.3 is 0 Å². The SMILES string of the molecule is CCC1CCC(N(C(=O)CCC2CCCO2)C2CC2)CC1. The van der Waals surface area contributed by atoms with Crippen LogP contribution in [0.15, 0.2) is 0 Å². The van der Waals surface area contributed by atoms with E-state index in [-0.39, 0.29) is 0 Å². The zero-order chi connectivity index (χ0) is 14.7. The number of ether oxygens (including phenoxy) is 1. The highest BCUT2D eigenvalue weighted by Crippen LogP contribution is 2.36. The van der Waals surface area contributed by atoms with Gasteiger partial charge in [-0.1, -0.05) is 13.3 Å². The molecule has 1 unspecified atom stereocenters. The molecule has 0 aromatic rings. The van der Waals surface area contributed by atoms with Crippen molar-refractivity contribution in [3.05, 3.63) is 0 Å². The van der Waals surface area contributed by atoms with E-state index in [9.17, 15) is 4.79 Å². The lowest BCUT2D eigenvalue weighted by molar-refractivity contribution is -0.135. The van der Waals surface area contributed by atoms with Crippen LogP contribution in [-0.2, 0) is 9.53 Å². The van der Waals surface area contributed by atoms with Gasteiger partial charge in [0.2, 0.25) is 5.91 Å². The van der Waals surface area contributed by atoms with Crippen molar-refractivity contribution in [3.63, 3.8) is 0 Å². The summed E-state index contributed by atoms with van der Waals surface area (Å²) >= 11 is 0. The first-order valence-electron chi connectivity index (χ1n) is 9.20. The number of carbonyl (C=O) groups excluding carboxylic acids is 1. The normalized spacial score (nSPS) is 33.1. The standard InChI is InChI=1S/C18H31NO2/c1-2-14-5-7-15(8-6-14)19(16-9-10-16)18(20)12-11-17-4-3-13-21-17/h14-17H,2-13H2,1H3. The van der Waals surface area contributed by atoms with Crippen LogP contribution >= 0.6 is 0 Å². The van der Waals surface area contributed by atoms with E-state index < -0.39 is 0 Å². The first-order valence-corrected chi connectivity index (χ1v) is 9.20. The van der Waals surface area contributed by atoms with Crippen LogP contribution in [0.25, 0.3) is 0 Å². The van der Waals surface area contributed by atoms with Gasteiger partial charge in [0.25, 0.3) is 0 Å². The minimum absolute atomic E-state index is 0.353. The fourth-order valence-electron chi connectivity index (χ4n) is 4.17. The van der Waals surface area contributed by atoms with E-state index in [0.717, 1.165) is 25.4 Å². The molecule has 1 atom stereocenters. The lowest BCUT2D eigenvalue weighted by Crippen LogP contribution is -2.44. The van der Waals surface area contributed by atoms with Crippen molar-refractivity contribution >= 4 is 5.91 Å². The molecular formula is C18H31NO2. The molecule has 1 saturated heterocycles. The molecule has 0 spiro atoms. The van der Waals surface area contributed by atoms with Gasteiger partial charge in [-0.3, -0.25) is 4.79 Å². The van der Waals surface area contributed by atoms with Gasteiger partial charge < -0.3 is 9.64 Å². The molecule has 1 amide bonds. The van der Waals surface area contributed by atoms with Crippen LogP contribution in [0.5, 0.6) is 0 Å². The largest absolute Gasteiger partial charge is 0.378 e. The summed E-state index contributed by atoms with van der Waals surface area (Å²) in [6, 6.07) is 1.11. The Bertz CT molecular complexity index is 339. The maximum Gasteiger partial charge on any atom is 0.223 e. The van der Waals surface area contributed by atoms with E-state index in [1.165, 1.54) is 51.4 Å². The number of nitrogens with zero attached hydrogens (tertiary/aromatic N) is 1. The maximum atomic E-state index is 12.7. The summed E-state index contributed by atoms with van der Waals surface area (Å²) in [6.07, 6.45) is 13.2. The van der Waals surface area contributed by atoms with Gasteiger partial charge in [0.15, 0.2) is 0 Å². The summed E-state index contributed by atoms with van der Waals surface area (Å²) in [4.78, 5) is 15.0. The van der Waals surface area contributed by atoms with E-state index >= 15 is 0 Å². The highest BCUT2D eigenvalue weighted by atomic mass is 16.5. The van der Waals surface area contributed by atoms with E-state index in [2.05, 4.69) is 11.8 Å². The van der Waals surface area contributed by atoms with Crippen molar-refractivity contribution in [1.29, 1.82) is 0 Å². The van der Waals surface area contributed by atoms with Crippen LogP contribution in [0.2, 0.25) is 0 Å². The topological polar surface area (TPSA) is 29.5 Å². The van der Waals surface area contributed by atoms with Gasteiger partial charge in [0.05, 0.1) is 6.10 Å². The lowest BCUT2D eigenvalue weighted by Gasteiger charge is -2.37. The van der Waals surface area contributed by atoms with E-state index in [1.807, 2.05) is 0 Å². The van der Waals surface area contributed by atoms with Crippen LogP contribution in [0.4, 0.5) is 0 Å². The molecule has 1 heterocycles. The van der Waals surface area contributed by atoms with E-state index in [0.29, 0.717) is 30.5 Å². The Balaban J connectivity index is 1.50. The average Bonchev–Trinajstić information content (AvgIpc) is 3.20. The van der Waals surface area contributed by atoms with Crippen molar-refractivity contribution in [2.24, 2.45) is 5.92 Å². The number of rotatable bonds is 6. The molecule has 0 N–H and O–H groups in total. The Morgan fingerprint density at radius 3 is 2.24 bits per heavy atom. The van der Waals surface area contributed by atoms with Crippen LogP contribution in [0, 0.1) is 5.92 Å². The molecule has 3 nitrogen and oxygen atoms in total. The highest BCUT2D eigenvalue weighted by Gasteiger charge is 2.38. The third kappa shape index (κ3) is 4.00. The Morgan fingerprint density at radius 1 is 1.05 bits per heavy atom. The van der Waals surface area contributed by atoms with Crippen LogP contribution in [0.3, 0.4) is 0 Å². The number of carbonyl (C=O) groups is 1. The fraction of sp³-hybridized carbons (Fsp3) is 0.944. The van der Waals surface area contributed by atoms with Gasteiger partial charge in [0.1, 0.15) is 0 Å². The van der Waals surface area contributed by atoms with Crippen molar-refractivity contribution in [3.8, 4) is 0 Å². The summed E-state index contributed by atoms with van der Waals surface area (Å²) < 4.78 is 5.66. The van der Waals surface area contributed by atoms with Gasteiger partial charge in [-0.25, -0.2) is 0 Å². The highest BCUT2D eigenvalue weighted by molar-refractivity contribution is 5.77. The molecule has 1 aliphatic heterocycles. The summed E-state index contributed by atoms with van der Waals surface area (Å²) in [5.41, 5.74) is 0. The summed E-state index contributed by atoms with van der Waals surface area (Å²) in [5.74, 6) is 1.32. The molecule has 0 aromatic heterocycles. The number of hydrogen-bond donors (Lipinski definition) is 0. The molecule has 3 heteroatoms. The first-order chi connectivity index (χ1) is 10.3. The van der Waals surface area contributed by atoms with Gasteiger partial charge in [-0.2, -0.15) is 0 Å².